The fourth-order valence-electron chi connectivity index (χ4n) is 5.94. The lowest BCUT2D eigenvalue weighted by atomic mass is 9.99. The first-order valence-corrected chi connectivity index (χ1v) is 20.3. The van der Waals surface area contributed by atoms with Crippen molar-refractivity contribution in [3.05, 3.63) is 35.9 Å². The van der Waals surface area contributed by atoms with E-state index in [4.69, 9.17) is 10.5 Å². The number of hydrogen-bond acceptors (Lipinski definition) is 11. The van der Waals surface area contributed by atoms with Gasteiger partial charge in [-0.15, -0.1) is 0 Å². The summed E-state index contributed by atoms with van der Waals surface area (Å²) in [6.45, 7) is 11.6. The summed E-state index contributed by atoms with van der Waals surface area (Å²) in [6, 6.07) is 1.92. The first-order chi connectivity index (χ1) is 27.6. The van der Waals surface area contributed by atoms with Crippen LogP contribution in [0.2, 0.25) is 0 Å². The summed E-state index contributed by atoms with van der Waals surface area (Å²) in [6.07, 6.45) is -0.691. The van der Waals surface area contributed by atoms with E-state index in [0.29, 0.717) is 5.56 Å². The monoisotopic (exact) mass is 849 g/mol. The number of esters is 1. The average Bonchev–Trinajstić information content (AvgIpc) is 3.13. The molecule has 18 nitrogen and oxygen atoms in total. The Morgan fingerprint density at radius 3 is 1.69 bits per heavy atom. The number of carbonyl (C=O) groups excluding carboxylic acids is 8. The van der Waals surface area contributed by atoms with Gasteiger partial charge in [-0.25, -0.2) is 0 Å². The van der Waals surface area contributed by atoms with Crippen LogP contribution in [0.15, 0.2) is 30.3 Å². The van der Waals surface area contributed by atoms with Crippen LogP contribution in [0.3, 0.4) is 0 Å². The van der Waals surface area contributed by atoms with E-state index in [0.717, 1.165) is 0 Å². The summed E-state index contributed by atoms with van der Waals surface area (Å²) >= 11 is 4.51. The minimum absolute atomic E-state index is 0.0139. The van der Waals surface area contributed by atoms with Crippen LogP contribution in [0.25, 0.3) is 0 Å². The summed E-state index contributed by atoms with van der Waals surface area (Å²) in [4.78, 5) is 115. The maximum absolute atomic E-state index is 13.9. The van der Waals surface area contributed by atoms with Crippen molar-refractivity contribution < 1.29 is 53.0 Å². The summed E-state index contributed by atoms with van der Waals surface area (Å²) in [7, 11) is 0. The molecule has 0 aliphatic rings. The van der Waals surface area contributed by atoms with E-state index in [1.165, 1.54) is 13.8 Å². The Kier molecular flexibility index (Phi) is 23.5. The van der Waals surface area contributed by atoms with E-state index in [2.05, 4.69) is 44.5 Å². The molecule has 0 saturated heterocycles. The van der Waals surface area contributed by atoms with Crippen molar-refractivity contribution in [1.29, 1.82) is 0 Å². The van der Waals surface area contributed by atoms with Crippen LogP contribution < -0.4 is 37.6 Å². The lowest BCUT2D eigenvalue weighted by Gasteiger charge is -2.29. The number of thiol groups is 1. The molecule has 19 heteroatoms. The van der Waals surface area contributed by atoms with Gasteiger partial charge < -0.3 is 47.5 Å². The number of aliphatic carboxylic acids is 1. The van der Waals surface area contributed by atoms with Crippen molar-refractivity contribution in [2.75, 3.05) is 6.61 Å². The van der Waals surface area contributed by atoms with Crippen LogP contribution in [0.1, 0.15) is 99.0 Å². The second-order valence-corrected chi connectivity index (χ2v) is 15.9. The number of ether oxygens (including phenoxy) is 1. The minimum atomic E-state index is -1.38. The Labute approximate surface area is 351 Å². The zero-order valence-corrected chi connectivity index (χ0v) is 35.9. The molecular formula is C40H63N7O11S. The number of nitrogens with one attached hydrogen (secondary N) is 6. The largest absolute Gasteiger partial charge is 0.481 e. The maximum Gasteiger partial charge on any atom is 0.306 e. The Balaban J connectivity index is 3.30. The van der Waals surface area contributed by atoms with Gasteiger partial charge >= 0.3 is 11.9 Å². The highest BCUT2D eigenvalue weighted by atomic mass is 32.1. The molecular weight excluding hydrogens is 787 g/mol. The number of carboxylic acids is 1. The fourth-order valence-corrected chi connectivity index (χ4v) is 6.32. The third kappa shape index (κ3) is 21.4. The molecule has 9 N–H and O–H groups in total. The van der Waals surface area contributed by atoms with Crippen molar-refractivity contribution in [3.63, 3.8) is 0 Å². The number of nitrogens with two attached hydrogens (primary N) is 1. The summed E-state index contributed by atoms with van der Waals surface area (Å²) in [5.74, 6) is -6.78. The predicted octanol–water partition coefficient (Wildman–Crippen LogP) is 0.652. The molecule has 0 spiro atoms. The quantitative estimate of drug-likeness (QED) is 0.0438. The highest BCUT2D eigenvalue weighted by Crippen LogP contribution is 2.16. The minimum Gasteiger partial charge on any atom is -0.481 e. The highest BCUT2D eigenvalue weighted by molar-refractivity contribution is 7.81. The standard InChI is InChI=1S/C40H63N7O11S/c1-8-58-35(52)21-32(59)27(14-16-33(41)49)44-40(57)31(20-26-12-10-9-11-13-26)47-39(56)30(19-23(4)5)46-36(53)24(6)42-37(54)28(15-17-34(50)51)45-38(55)29(18-22(2)3)43-25(7)48/h9-13,22-24,27-32,59H,8,14-21H2,1-7H3,(H2,41,49)(H,42,54)(H,43,48)(H,44,57)(H,45,55)(H,46,53)(H,47,56)(H,50,51)/t24-,27-,28-,29-,30-,31-,32-/m0/s1. The lowest BCUT2D eigenvalue weighted by molar-refractivity contribution is -0.143. The van der Waals surface area contributed by atoms with Crippen molar-refractivity contribution in [2.45, 2.75) is 141 Å². The molecule has 59 heavy (non-hydrogen) atoms. The third-order valence-electron chi connectivity index (χ3n) is 8.86. The molecule has 1 aromatic rings. The maximum atomic E-state index is 13.9. The summed E-state index contributed by atoms with van der Waals surface area (Å²) in [5.41, 5.74) is 6.06. The molecule has 7 atom stereocenters. The van der Waals surface area contributed by atoms with Crippen molar-refractivity contribution in [2.24, 2.45) is 17.6 Å². The van der Waals surface area contributed by atoms with Gasteiger partial charge in [0.15, 0.2) is 0 Å². The molecule has 0 heterocycles. The number of amides is 7. The molecule has 0 unspecified atom stereocenters. The number of carboxylic acid groups (broad SMARTS) is 1. The molecule has 1 rings (SSSR count). The van der Waals surface area contributed by atoms with Crippen LogP contribution >= 0.6 is 12.6 Å². The molecule has 0 fully saturated rings. The molecule has 0 bridgehead atoms. The van der Waals surface area contributed by atoms with E-state index in [1.54, 1.807) is 37.3 Å². The number of rotatable bonds is 27. The second-order valence-electron chi connectivity index (χ2n) is 15.2. The van der Waals surface area contributed by atoms with Crippen LogP contribution in [0, 0.1) is 11.8 Å². The van der Waals surface area contributed by atoms with Gasteiger partial charge in [0.05, 0.1) is 13.0 Å². The van der Waals surface area contributed by atoms with E-state index < -0.39 is 101 Å². The molecule has 0 aromatic heterocycles. The Morgan fingerprint density at radius 2 is 1.19 bits per heavy atom. The first-order valence-electron chi connectivity index (χ1n) is 19.8. The van der Waals surface area contributed by atoms with Gasteiger partial charge in [0.25, 0.3) is 0 Å². The van der Waals surface area contributed by atoms with Crippen molar-refractivity contribution in [1.82, 2.24) is 31.9 Å². The van der Waals surface area contributed by atoms with Gasteiger partial charge in [-0.05, 0) is 56.9 Å². The molecule has 1 aromatic carbocycles. The molecule has 0 aliphatic carbocycles. The van der Waals surface area contributed by atoms with Crippen LogP contribution in [0.4, 0.5) is 0 Å². The summed E-state index contributed by atoms with van der Waals surface area (Å²) < 4.78 is 5.02. The van der Waals surface area contributed by atoms with Gasteiger partial charge in [-0.1, -0.05) is 58.0 Å². The number of hydrogen-bond donors (Lipinski definition) is 9. The summed E-state index contributed by atoms with van der Waals surface area (Å²) in [5, 5.41) is 24.2. The molecule has 7 amide bonds. The Morgan fingerprint density at radius 1 is 0.678 bits per heavy atom. The topological polar surface area (TPSA) is 281 Å². The highest BCUT2D eigenvalue weighted by Gasteiger charge is 2.33. The van der Waals surface area contributed by atoms with Crippen molar-refractivity contribution in [3.8, 4) is 0 Å². The molecule has 0 aliphatic heterocycles. The lowest BCUT2D eigenvalue weighted by Crippen LogP contribution is -2.59. The Bertz CT molecular complexity index is 1590. The average molecular weight is 850 g/mol. The van der Waals surface area contributed by atoms with Crippen LogP contribution in [-0.2, 0) is 54.3 Å². The van der Waals surface area contributed by atoms with Gasteiger partial charge in [0, 0.05) is 37.5 Å². The predicted molar refractivity (Wildman–Crippen MR) is 221 cm³/mol. The fraction of sp³-hybridized carbons (Fsp3) is 0.625. The van der Waals surface area contributed by atoms with E-state index in [1.807, 2.05) is 27.7 Å². The smallest absolute Gasteiger partial charge is 0.306 e. The normalized spacial score (nSPS) is 14.6. The number of carbonyl (C=O) groups is 9. The first kappa shape index (κ1) is 51.8. The number of primary amides is 1. The van der Waals surface area contributed by atoms with Crippen molar-refractivity contribution >= 4 is 65.9 Å². The zero-order valence-electron chi connectivity index (χ0n) is 35.0. The van der Waals surface area contributed by atoms with E-state index >= 15 is 0 Å². The van der Waals surface area contributed by atoms with E-state index in [9.17, 15) is 48.3 Å². The van der Waals surface area contributed by atoms with Gasteiger partial charge in [-0.3, -0.25) is 43.2 Å². The Hall–Kier alpha value is -5.20. The SMILES string of the molecule is CCOC(=O)C[C@H](S)[C@H](CCC(N)=O)NC(=O)[C@H](Cc1ccccc1)NC(=O)[C@H](CC(C)C)NC(=O)[C@H](C)NC(=O)[C@H](CCC(=O)O)NC(=O)[C@H](CC(C)C)NC(C)=O. The molecule has 330 valence electrons. The third-order valence-corrected chi connectivity index (χ3v) is 9.41. The van der Waals surface area contributed by atoms with Gasteiger partial charge in [0.2, 0.25) is 41.4 Å². The van der Waals surface area contributed by atoms with Gasteiger partial charge in [0.1, 0.15) is 30.2 Å². The second kappa shape index (κ2) is 26.7. The zero-order chi connectivity index (χ0) is 44.8. The van der Waals surface area contributed by atoms with E-state index in [-0.39, 0.29) is 63.4 Å². The molecule has 0 saturated carbocycles. The van der Waals surface area contributed by atoms with Crippen LogP contribution in [-0.4, -0.2) is 107 Å². The van der Waals surface area contributed by atoms with Crippen LogP contribution in [0.5, 0.6) is 0 Å². The molecule has 0 radical (unpaired) electrons. The number of benzene rings is 1. The van der Waals surface area contributed by atoms with Gasteiger partial charge in [-0.2, -0.15) is 12.6 Å².